The third kappa shape index (κ3) is 3.34. The fourth-order valence-electron chi connectivity index (χ4n) is 1.50. The van der Waals surface area contributed by atoms with Crippen LogP contribution in [0.1, 0.15) is 37.8 Å². The number of carboxylic acid groups (broad SMARTS) is 1. The molecule has 0 bridgehead atoms. The van der Waals surface area contributed by atoms with Crippen molar-refractivity contribution in [3.8, 4) is 5.75 Å². The van der Waals surface area contributed by atoms with Gasteiger partial charge in [0.15, 0.2) is 0 Å². The van der Waals surface area contributed by atoms with Crippen LogP contribution >= 0.6 is 0 Å². The largest absolute Gasteiger partial charge is 0.496 e. The lowest BCUT2D eigenvalue weighted by molar-refractivity contribution is -0.132. The second kappa shape index (κ2) is 5.53. The number of rotatable bonds is 4. The summed E-state index contributed by atoms with van der Waals surface area (Å²) in [5, 5.41) is 8.84. The van der Waals surface area contributed by atoms with Crippen molar-refractivity contribution in [3.63, 3.8) is 0 Å². The second-order valence-electron chi connectivity index (χ2n) is 4.29. The normalized spacial score (nSPS) is 11.7. The van der Waals surface area contributed by atoms with Crippen LogP contribution in [0, 0.1) is 0 Å². The van der Waals surface area contributed by atoms with Crippen LogP contribution in [0.5, 0.6) is 5.75 Å². The van der Waals surface area contributed by atoms with Crippen molar-refractivity contribution in [1.29, 1.82) is 0 Å². The summed E-state index contributed by atoms with van der Waals surface area (Å²) in [7, 11) is 1.59. The van der Waals surface area contributed by atoms with E-state index in [0.717, 1.165) is 5.56 Å². The Morgan fingerprint density at radius 2 is 2.06 bits per heavy atom. The van der Waals surface area contributed by atoms with E-state index in [-0.39, 0.29) is 0 Å². The summed E-state index contributed by atoms with van der Waals surface area (Å²) in [6.07, 6.45) is 1.62. The number of aliphatic carboxylic acids is 1. The van der Waals surface area contributed by atoms with Crippen molar-refractivity contribution >= 4 is 12.0 Å². The fourth-order valence-corrected chi connectivity index (χ4v) is 1.50. The van der Waals surface area contributed by atoms with E-state index in [4.69, 9.17) is 9.84 Å². The van der Waals surface area contributed by atoms with Crippen LogP contribution in [0.25, 0.3) is 6.08 Å². The first-order valence-electron chi connectivity index (χ1n) is 5.55. The number of hydrogen-bond acceptors (Lipinski definition) is 2. The molecule has 0 heterocycles. The van der Waals surface area contributed by atoms with Crippen molar-refractivity contribution < 1.29 is 14.6 Å². The van der Waals surface area contributed by atoms with Gasteiger partial charge in [0, 0.05) is 11.1 Å². The summed E-state index contributed by atoms with van der Waals surface area (Å²) < 4.78 is 5.28. The van der Waals surface area contributed by atoms with E-state index in [1.54, 1.807) is 20.1 Å². The predicted molar refractivity (Wildman–Crippen MR) is 68.4 cm³/mol. The third-order valence-electron chi connectivity index (χ3n) is 2.63. The van der Waals surface area contributed by atoms with Gasteiger partial charge in [-0.1, -0.05) is 26.0 Å². The molecule has 0 aromatic heterocycles. The Balaban J connectivity index is 3.18. The molecule has 0 saturated carbocycles. The molecule has 1 N–H and O–H groups in total. The first-order chi connectivity index (χ1) is 7.95. The van der Waals surface area contributed by atoms with E-state index in [1.807, 2.05) is 18.2 Å². The molecule has 17 heavy (non-hydrogen) atoms. The summed E-state index contributed by atoms with van der Waals surface area (Å²) in [6.45, 7) is 5.78. The number of carboxylic acids is 1. The summed E-state index contributed by atoms with van der Waals surface area (Å²) in [5.74, 6) is 0.208. The molecule has 0 aliphatic carbocycles. The number of methoxy groups -OCH3 is 1. The average molecular weight is 234 g/mol. The molecule has 1 rings (SSSR count). The maximum atomic E-state index is 10.8. The molecule has 0 amide bonds. The zero-order chi connectivity index (χ0) is 13.0. The van der Waals surface area contributed by atoms with Gasteiger partial charge in [-0.3, -0.25) is 0 Å². The van der Waals surface area contributed by atoms with Gasteiger partial charge in [0.05, 0.1) is 7.11 Å². The maximum absolute atomic E-state index is 10.8. The quantitative estimate of drug-likeness (QED) is 0.813. The van der Waals surface area contributed by atoms with E-state index >= 15 is 0 Å². The summed E-state index contributed by atoms with van der Waals surface area (Å²) in [6, 6.07) is 5.83. The van der Waals surface area contributed by atoms with Gasteiger partial charge in [-0.05, 0) is 30.5 Å². The van der Waals surface area contributed by atoms with Gasteiger partial charge < -0.3 is 9.84 Å². The van der Waals surface area contributed by atoms with Gasteiger partial charge in [-0.2, -0.15) is 0 Å². The van der Waals surface area contributed by atoms with Gasteiger partial charge in [0.25, 0.3) is 0 Å². The Bertz CT molecular complexity index is 445. The topological polar surface area (TPSA) is 46.5 Å². The number of hydrogen-bond donors (Lipinski definition) is 1. The SMILES string of the molecule is COc1cc(C(C)C)ccc1/C=C(\C)C(=O)O. The van der Waals surface area contributed by atoms with E-state index in [1.165, 1.54) is 5.56 Å². The zero-order valence-corrected chi connectivity index (χ0v) is 10.7. The minimum Gasteiger partial charge on any atom is -0.496 e. The molecule has 0 radical (unpaired) electrons. The van der Waals surface area contributed by atoms with Crippen molar-refractivity contribution in [1.82, 2.24) is 0 Å². The maximum Gasteiger partial charge on any atom is 0.331 e. The molecule has 92 valence electrons. The van der Waals surface area contributed by atoms with Gasteiger partial charge in [-0.15, -0.1) is 0 Å². The van der Waals surface area contributed by atoms with Crippen LogP contribution in [-0.4, -0.2) is 18.2 Å². The van der Waals surface area contributed by atoms with Crippen molar-refractivity contribution in [2.75, 3.05) is 7.11 Å². The Labute approximate surface area is 102 Å². The van der Waals surface area contributed by atoms with Crippen molar-refractivity contribution in [3.05, 3.63) is 34.9 Å². The fraction of sp³-hybridized carbons (Fsp3) is 0.357. The Morgan fingerprint density at radius 1 is 1.41 bits per heavy atom. The lowest BCUT2D eigenvalue weighted by atomic mass is 10.00. The molecule has 0 saturated heterocycles. The van der Waals surface area contributed by atoms with Crippen LogP contribution in [0.3, 0.4) is 0 Å². The summed E-state index contributed by atoms with van der Waals surface area (Å²) in [5.41, 5.74) is 2.25. The number of ether oxygens (including phenoxy) is 1. The van der Waals surface area contributed by atoms with Gasteiger partial charge in [0.1, 0.15) is 5.75 Å². The van der Waals surface area contributed by atoms with Crippen LogP contribution in [0.4, 0.5) is 0 Å². The minimum absolute atomic E-state index is 0.292. The highest BCUT2D eigenvalue weighted by atomic mass is 16.5. The monoisotopic (exact) mass is 234 g/mol. The lowest BCUT2D eigenvalue weighted by Gasteiger charge is -2.10. The van der Waals surface area contributed by atoms with Crippen LogP contribution < -0.4 is 4.74 Å². The smallest absolute Gasteiger partial charge is 0.331 e. The Hall–Kier alpha value is -1.77. The van der Waals surface area contributed by atoms with E-state index in [2.05, 4.69) is 13.8 Å². The summed E-state index contributed by atoms with van der Waals surface area (Å²) in [4.78, 5) is 10.8. The van der Waals surface area contributed by atoms with Crippen LogP contribution in [-0.2, 0) is 4.79 Å². The Morgan fingerprint density at radius 3 is 2.53 bits per heavy atom. The molecule has 0 spiro atoms. The molecule has 3 nitrogen and oxygen atoms in total. The predicted octanol–water partition coefficient (Wildman–Crippen LogP) is 3.31. The van der Waals surface area contributed by atoms with Gasteiger partial charge in [-0.25, -0.2) is 4.79 Å². The van der Waals surface area contributed by atoms with Crippen molar-refractivity contribution in [2.45, 2.75) is 26.7 Å². The van der Waals surface area contributed by atoms with E-state index in [0.29, 0.717) is 17.2 Å². The number of benzene rings is 1. The second-order valence-corrected chi connectivity index (χ2v) is 4.29. The average Bonchev–Trinajstić information content (AvgIpc) is 2.28. The molecule has 0 aliphatic heterocycles. The van der Waals surface area contributed by atoms with Gasteiger partial charge in [0.2, 0.25) is 0 Å². The Kier molecular flexibility index (Phi) is 4.32. The zero-order valence-electron chi connectivity index (χ0n) is 10.7. The molecular weight excluding hydrogens is 216 g/mol. The summed E-state index contributed by atoms with van der Waals surface area (Å²) >= 11 is 0. The highest BCUT2D eigenvalue weighted by Gasteiger charge is 2.07. The molecule has 1 aromatic rings. The highest BCUT2D eigenvalue weighted by molar-refractivity contribution is 5.91. The van der Waals surface area contributed by atoms with Crippen LogP contribution in [0.2, 0.25) is 0 Å². The molecular formula is C14H18O3. The molecule has 0 aliphatic rings. The first kappa shape index (κ1) is 13.3. The first-order valence-corrected chi connectivity index (χ1v) is 5.55. The molecule has 3 heteroatoms. The van der Waals surface area contributed by atoms with E-state index < -0.39 is 5.97 Å². The van der Waals surface area contributed by atoms with Crippen LogP contribution in [0.15, 0.2) is 23.8 Å². The molecule has 0 atom stereocenters. The van der Waals surface area contributed by atoms with Gasteiger partial charge >= 0.3 is 5.97 Å². The highest BCUT2D eigenvalue weighted by Crippen LogP contribution is 2.26. The minimum atomic E-state index is -0.917. The van der Waals surface area contributed by atoms with Crippen molar-refractivity contribution in [2.24, 2.45) is 0 Å². The van der Waals surface area contributed by atoms with E-state index in [9.17, 15) is 4.79 Å². The standard InChI is InChI=1S/C14H18O3/c1-9(2)11-5-6-12(13(8-11)17-4)7-10(3)14(15)16/h5-9H,1-4H3,(H,15,16)/b10-7+. The molecule has 0 unspecified atom stereocenters. The molecule has 1 aromatic carbocycles. The number of carbonyl (C=O) groups is 1. The third-order valence-corrected chi connectivity index (χ3v) is 2.63. The lowest BCUT2D eigenvalue weighted by Crippen LogP contribution is -1.97. The molecule has 0 fully saturated rings.